The molecular weight excluding hydrogens is 774 g/mol. The number of hydrogen-bond acceptors (Lipinski definition) is 6. The van der Waals surface area contributed by atoms with E-state index in [0.717, 1.165) is 10.7 Å². The summed E-state index contributed by atoms with van der Waals surface area (Å²) in [5.74, 6) is -14.5. The van der Waals surface area contributed by atoms with E-state index < -0.39 is 71.7 Å². The van der Waals surface area contributed by atoms with Crippen LogP contribution in [0.1, 0.15) is 43.4 Å². The number of halogens is 12. The number of carbonyl (C=O) groups is 2. The maximum absolute atomic E-state index is 14.2. The molecule has 2 amide bonds. The van der Waals surface area contributed by atoms with Gasteiger partial charge in [-0.05, 0) is 42.8 Å². The van der Waals surface area contributed by atoms with Gasteiger partial charge in [0.15, 0.2) is 11.5 Å². The van der Waals surface area contributed by atoms with Gasteiger partial charge >= 0.3 is 24.2 Å². The molecule has 0 bridgehead atoms. The molecular formula is C27H16BrClF10N8O2. The topological polar surface area (TPSA) is 131 Å². The first-order valence-corrected chi connectivity index (χ1v) is 14.2. The van der Waals surface area contributed by atoms with Crippen LogP contribution in [0.3, 0.4) is 0 Å². The predicted octanol–water partition coefficient (Wildman–Crippen LogP) is 7.05. The number of pyridine rings is 1. The largest absolute Gasteiger partial charge is 0.459 e. The Morgan fingerprint density at radius 2 is 1.63 bits per heavy atom. The van der Waals surface area contributed by atoms with Crippen LogP contribution < -0.4 is 10.6 Å². The first-order chi connectivity index (χ1) is 22.6. The molecule has 3 aromatic heterocycles. The fraction of sp³-hybridized carbons (Fsp3) is 0.259. The number of hydrogen-bond donors (Lipinski definition) is 2. The molecule has 0 aliphatic carbocycles. The van der Waals surface area contributed by atoms with Crippen LogP contribution in [0.15, 0.2) is 47.2 Å². The molecule has 49 heavy (non-hydrogen) atoms. The van der Waals surface area contributed by atoms with Crippen molar-refractivity contribution in [2.75, 3.05) is 11.9 Å². The van der Waals surface area contributed by atoms with Crippen molar-refractivity contribution < 1.29 is 53.5 Å². The Bertz CT molecular complexity index is 1920. The first-order valence-electron chi connectivity index (χ1n) is 13.0. The summed E-state index contributed by atoms with van der Waals surface area (Å²) in [5, 5.41) is 20.2. The molecule has 0 saturated heterocycles. The van der Waals surface area contributed by atoms with Gasteiger partial charge in [0, 0.05) is 16.9 Å². The minimum atomic E-state index is -6.61. The third-order valence-corrected chi connectivity index (χ3v) is 7.23. The van der Waals surface area contributed by atoms with Crippen LogP contribution in [0.5, 0.6) is 0 Å². The summed E-state index contributed by atoms with van der Waals surface area (Å²) in [7, 11) is 0. The van der Waals surface area contributed by atoms with E-state index in [2.05, 4.69) is 41.7 Å². The zero-order chi connectivity index (χ0) is 36.7. The van der Waals surface area contributed by atoms with E-state index in [1.165, 1.54) is 37.4 Å². The summed E-state index contributed by atoms with van der Waals surface area (Å²) in [4.78, 5) is 30.4. The molecule has 0 aliphatic rings. The van der Waals surface area contributed by atoms with E-state index >= 15 is 0 Å². The zero-order valence-electron chi connectivity index (χ0n) is 24.0. The van der Waals surface area contributed by atoms with Gasteiger partial charge in [0.2, 0.25) is 0 Å². The molecule has 3 heterocycles. The van der Waals surface area contributed by atoms with Gasteiger partial charge in [-0.2, -0.15) is 59.4 Å². The second kappa shape index (κ2) is 13.3. The molecule has 0 spiro atoms. The van der Waals surface area contributed by atoms with Gasteiger partial charge in [0.25, 0.3) is 11.8 Å². The Morgan fingerprint density at radius 3 is 2.22 bits per heavy atom. The molecule has 0 saturated carbocycles. The SMILES string of the molecule is Cc1cc(Br)cc(C(=O)NCC#N)c1NC(=O)c1cc(Cn2cc(C(F)(F)C(F)(F)F)c(C(F)(F)C(F)(F)F)n2)nn1-c1ncccc1Cl. The van der Waals surface area contributed by atoms with E-state index in [4.69, 9.17) is 16.9 Å². The summed E-state index contributed by atoms with van der Waals surface area (Å²) in [6.45, 7) is -0.0153. The van der Waals surface area contributed by atoms with Gasteiger partial charge in [-0.15, -0.1) is 0 Å². The lowest BCUT2D eigenvalue weighted by atomic mass is 10.0. The van der Waals surface area contributed by atoms with E-state index in [9.17, 15) is 53.5 Å². The maximum Gasteiger partial charge on any atom is 0.459 e. The number of rotatable bonds is 9. The Hall–Kier alpha value is -4.71. The molecule has 10 nitrogen and oxygen atoms in total. The number of anilines is 1. The average molecular weight is 790 g/mol. The minimum Gasteiger partial charge on any atom is -0.339 e. The average Bonchev–Trinajstić information content (AvgIpc) is 3.61. The Balaban J connectivity index is 1.84. The standard InChI is InChI=1S/C27H16BrClF10N8O2/c1-12-7-13(28)8-15(22(48)42-6-4-40)19(12)43-23(49)18-9-14(44-47(18)21-17(29)3-2-5-41-21)10-46-11-16(24(30,31)26(34,35)36)20(45-46)25(32,33)27(37,38)39/h2-3,5,7-9,11H,6,10H2,1H3,(H,42,48)(H,43,49). The van der Waals surface area contributed by atoms with Crippen LogP contribution in [0, 0.1) is 18.3 Å². The number of aromatic nitrogens is 5. The van der Waals surface area contributed by atoms with Gasteiger partial charge in [0.05, 0.1) is 40.1 Å². The molecule has 1 aromatic carbocycles. The number of aryl methyl sites for hydroxylation is 1. The quantitative estimate of drug-likeness (QED) is 0.138. The number of benzene rings is 1. The van der Waals surface area contributed by atoms with Gasteiger partial charge in [-0.25, -0.2) is 9.67 Å². The third-order valence-electron chi connectivity index (χ3n) is 6.48. The predicted molar refractivity (Wildman–Crippen MR) is 152 cm³/mol. The highest BCUT2D eigenvalue weighted by molar-refractivity contribution is 9.10. The zero-order valence-corrected chi connectivity index (χ0v) is 26.3. The smallest absolute Gasteiger partial charge is 0.339 e. The van der Waals surface area contributed by atoms with E-state index in [-0.39, 0.29) is 33.0 Å². The molecule has 0 atom stereocenters. The van der Waals surface area contributed by atoms with Crippen molar-refractivity contribution in [2.45, 2.75) is 37.7 Å². The van der Waals surface area contributed by atoms with Gasteiger partial charge in [-0.3, -0.25) is 14.3 Å². The van der Waals surface area contributed by atoms with E-state index in [0.29, 0.717) is 10.0 Å². The lowest BCUT2D eigenvalue weighted by molar-refractivity contribution is -0.302. The highest BCUT2D eigenvalue weighted by Crippen LogP contribution is 2.51. The molecule has 0 fully saturated rings. The van der Waals surface area contributed by atoms with E-state index in [1.54, 1.807) is 6.07 Å². The molecule has 0 radical (unpaired) electrons. The van der Waals surface area contributed by atoms with Crippen molar-refractivity contribution in [3.05, 3.63) is 86.0 Å². The number of amides is 2. The fourth-order valence-corrected chi connectivity index (χ4v) is 5.04. The van der Waals surface area contributed by atoms with Crippen molar-refractivity contribution in [3.63, 3.8) is 0 Å². The van der Waals surface area contributed by atoms with Crippen molar-refractivity contribution in [2.24, 2.45) is 0 Å². The molecule has 2 N–H and O–H groups in total. The second-order valence-corrected chi connectivity index (χ2v) is 11.2. The highest BCUT2D eigenvalue weighted by Gasteiger charge is 2.67. The van der Waals surface area contributed by atoms with Crippen LogP contribution in [0.25, 0.3) is 5.82 Å². The number of nitriles is 1. The molecule has 0 unspecified atom stereocenters. The summed E-state index contributed by atoms with van der Waals surface area (Å²) in [5.41, 5.74) is -6.52. The van der Waals surface area contributed by atoms with Crippen molar-refractivity contribution in [1.82, 2.24) is 29.9 Å². The molecule has 22 heteroatoms. The molecule has 4 aromatic rings. The minimum absolute atomic E-state index is 0.0607. The van der Waals surface area contributed by atoms with E-state index in [1.807, 2.05) is 0 Å². The molecule has 4 rings (SSSR count). The van der Waals surface area contributed by atoms with Crippen LogP contribution in [-0.4, -0.2) is 55.3 Å². The number of carbonyl (C=O) groups excluding carboxylic acids is 2. The lowest BCUT2D eigenvalue weighted by Gasteiger charge is -2.23. The highest BCUT2D eigenvalue weighted by atomic mass is 79.9. The Labute approximate surface area is 280 Å². The van der Waals surface area contributed by atoms with Crippen molar-refractivity contribution in [3.8, 4) is 11.9 Å². The summed E-state index contributed by atoms with van der Waals surface area (Å²) in [6.07, 6.45) is -12.3. The van der Waals surface area contributed by atoms with Crippen LogP contribution >= 0.6 is 27.5 Å². The summed E-state index contributed by atoms with van der Waals surface area (Å²) >= 11 is 9.41. The summed E-state index contributed by atoms with van der Waals surface area (Å²) in [6, 6.07) is 8.08. The Kier molecular flexibility index (Phi) is 10.1. The maximum atomic E-state index is 14.2. The van der Waals surface area contributed by atoms with Gasteiger partial charge < -0.3 is 10.6 Å². The van der Waals surface area contributed by atoms with Gasteiger partial charge in [0.1, 0.15) is 12.2 Å². The van der Waals surface area contributed by atoms with Crippen LogP contribution in [0.4, 0.5) is 49.6 Å². The first kappa shape index (κ1) is 37.1. The third kappa shape index (κ3) is 7.34. The van der Waals surface area contributed by atoms with Crippen molar-refractivity contribution >= 4 is 45.0 Å². The number of nitrogens with zero attached hydrogens (tertiary/aromatic N) is 6. The second-order valence-electron chi connectivity index (χ2n) is 9.91. The molecule has 260 valence electrons. The monoisotopic (exact) mass is 788 g/mol. The lowest BCUT2D eigenvalue weighted by Crippen LogP contribution is -2.40. The molecule has 0 aliphatic heterocycles. The van der Waals surface area contributed by atoms with Crippen molar-refractivity contribution in [1.29, 1.82) is 5.26 Å². The number of alkyl halides is 10. The fourth-order valence-electron chi connectivity index (χ4n) is 4.26. The van der Waals surface area contributed by atoms with Gasteiger partial charge in [-0.1, -0.05) is 27.5 Å². The Morgan fingerprint density at radius 1 is 0.980 bits per heavy atom. The summed E-state index contributed by atoms with van der Waals surface area (Å²) < 4.78 is 137. The normalized spacial score (nSPS) is 12.5. The van der Waals surface area contributed by atoms with Crippen LogP contribution in [0.2, 0.25) is 5.02 Å². The van der Waals surface area contributed by atoms with Crippen LogP contribution in [-0.2, 0) is 18.4 Å². The number of nitrogens with one attached hydrogen (secondary N) is 2.